The van der Waals surface area contributed by atoms with Crippen LogP contribution in [0.4, 0.5) is 0 Å². The van der Waals surface area contributed by atoms with E-state index in [1.807, 2.05) is 38.1 Å². The maximum atomic E-state index is 12.1. The highest BCUT2D eigenvalue weighted by Crippen LogP contribution is 2.48. The van der Waals surface area contributed by atoms with Crippen molar-refractivity contribution in [3.05, 3.63) is 29.8 Å². The van der Waals surface area contributed by atoms with Gasteiger partial charge in [0.25, 0.3) is 5.91 Å². The smallest absolute Gasteiger partial charge is 0.251 e. The van der Waals surface area contributed by atoms with Gasteiger partial charge in [0.1, 0.15) is 5.75 Å². The van der Waals surface area contributed by atoms with Gasteiger partial charge < -0.3 is 10.1 Å². The van der Waals surface area contributed by atoms with E-state index in [-0.39, 0.29) is 12.0 Å². The second-order valence-electron chi connectivity index (χ2n) is 5.81. The van der Waals surface area contributed by atoms with Gasteiger partial charge in [-0.05, 0) is 62.8 Å². The molecule has 0 atom stereocenters. The number of rotatable bonds is 7. The van der Waals surface area contributed by atoms with Crippen LogP contribution in [0.5, 0.6) is 5.75 Å². The number of hydrogen-bond acceptors (Lipinski definition) is 2. The van der Waals surface area contributed by atoms with Crippen molar-refractivity contribution in [2.75, 3.05) is 11.9 Å². The molecule has 1 aromatic rings. The molecule has 0 saturated heterocycles. The Morgan fingerprint density at radius 2 is 2.00 bits per heavy atom. The fourth-order valence-electron chi connectivity index (χ4n) is 2.22. The first-order valence-electron chi connectivity index (χ1n) is 7.16. The van der Waals surface area contributed by atoms with Crippen LogP contribution in [0.15, 0.2) is 24.3 Å². The fourth-order valence-corrected chi connectivity index (χ4v) is 3.06. The number of carbonyl (C=O) groups excluding carboxylic acids is 1. The summed E-state index contributed by atoms with van der Waals surface area (Å²) in [6.45, 7) is 4.75. The summed E-state index contributed by atoms with van der Waals surface area (Å²) in [4.78, 5) is 12.1. The van der Waals surface area contributed by atoms with Crippen LogP contribution < -0.4 is 10.1 Å². The Balaban J connectivity index is 1.86. The van der Waals surface area contributed by atoms with E-state index >= 15 is 0 Å². The normalized spacial score (nSPS) is 16.0. The van der Waals surface area contributed by atoms with Crippen LogP contribution in [-0.4, -0.2) is 23.9 Å². The fraction of sp³-hybridized carbons (Fsp3) is 0.562. The van der Waals surface area contributed by atoms with Crippen LogP contribution in [0, 0.1) is 5.41 Å². The highest BCUT2D eigenvalue weighted by atomic mass is 79.9. The molecular formula is C16H22BrNO2. The van der Waals surface area contributed by atoms with Gasteiger partial charge in [0.15, 0.2) is 0 Å². The van der Waals surface area contributed by atoms with Gasteiger partial charge in [0.05, 0.1) is 6.10 Å². The van der Waals surface area contributed by atoms with Crippen LogP contribution in [0.3, 0.4) is 0 Å². The molecule has 1 saturated carbocycles. The van der Waals surface area contributed by atoms with Gasteiger partial charge >= 0.3 is 0 Å². The van der Waals surface area contributed by atoms with Crippen LogP contribution in [0.25, 0.3) is 0 Å². The summed E-state index contributed by atoms with van der Waals surface area (Å²) in [6, 6.07) is 7.33. The van der Waals surface area contributed by atoms with Gasteiger partial charge in [-0.1, -0.05) is 15.9 Å². The summed E-state index contributed by atoms with van der Waals surface area (Å²) in [7, 11) is 0. The van der Waals surface area contributed by atoms with E-state index < -0.39 is 0 Å². The van der Waals surface area contributed by atoms with Crippen molar-refractivity contribution >= 4 is 21.8 Å². The molecule has 2 rings (SSSR count). The number of halogens is 1. The second kappa shape index (κ2) is 6.61. The lowest BCUT2D eigenvalue weighted by molar-refractivity contribution is 0.0944. The minimum absolute atomic E-state index is 0.00180. The molecule has 1 N–H and O–H groups in total. The highest BCUT2D eigenvalue weighted by molar-refractivity contribution is 9.09. The van der Waals surface area contributed by atoms with Crippen molar-refractivity contribution in [3.63, 3.8) is 0 Å². The van der Waals surface area contributed by atoms with E-state index in [1.165, 1.54) is 12.8 Å². The molecule has 1 fully saturated rings. The van der Waals surface area contributed by atoms with Crippen LogP contribution >= 0.6 is 15.9 Å². The molecule has 0 heterocycles. The van der Waals surface area contributed by atoms with Gasteiger partial charge in [-0.3, -0.25) is 4.79 Å². The molecule has 0 spiro atoms. The molecule has 1 amide bonds. The largest absolute Gasteiger partial charge is 0.491 e. The van der Waals surface area contributed by atoms with E-state index in [1.54, 1.807) is 0 Å². The zero-order valence-electron chi connectivity index (χ0n) is 12.1. The Morgan fingerprint density at radius 3 is 2.50 bits per heavy atom. The van der Waals surface area contributed by atoms with Crippen molar-refractivity contribution in [1.82, 2.24) is 5.32 Å². The zero-order valence-corrected chi connectivity index (χ0v) is 13.7. The minimum Gasteiger partial charge on any atom is -0.491 e. The third-order valence-electron chi connectivity index (χ3n) is 3.69. The Hall–Kier alpha value is -1.03. The molecule has 20 heavy (non-hydrogen) atoms. The van der Waals surface area contributed by atoms with Gasteiger partial charge in [-0.15, -0.1) is 0 Å². The number of nitrogens with one attached hydrogen (secondary N) is 1. The average Bonchev–Trinajstić information content (AvgIpc) is 3.17. The molecule has 0 aliphatic heterocycles. The first-order chi connectivity index (χ1) is 9.54. The van der Waals surface area contributed by atoms with E-state index in [9.17, 15) is 4.79 Å². The Kier molecular flexibility index (Phi) is 5.08. The van der Waals surface area contributed by atoms with E-state index in [0.29, 0.717) is 11.0 Å². The number of benzene rings is 1. The van der Waals surface area contributed by atoms with Crippen molar-refractivity contribution < 1.29 is 9.53 Å². The van der Waals surface area contributed by atoms with Crippen LogP contribution in [-0.2, 0) is 0 Å². The standard InChI is InChI=1S/C16H22BrNO2/c1-12(2)20-14-5-3-13(4-6-14)15(19)18-11-16(7-8-16)9-10-17/h3-6,12H,7-11H2,1-2H3,(H,18,19). The predicted molar refractivity (Wildman–Crippen MR) is 84.6 cm³/mol. The summed E-state index contributed by atoms with van der Waals surface area (Å²) in [5, 5.41) is 4.05. The van der Waals surface area contributed by atoms with Gasteiger partial charge in [0.2, 0.25) is 0 Å². The number of ether oxygens (including phenoxy) is 1. The first-order valence-corrected chi connectivity index (χ1v) is 8.28. The lowest BCUT2D eigenvalue weighted by atomic mass is 10.0. The molecule has 0 unspecified atom stereocenters. The maximum absolute atomic E-state index is 12.1. The molecule has 0 radical (unpaired) electrons. The molecular weight excluding hydrogens is 318 g/mol. The monoisotopic (exact) mass is 339 g/mol. The average molecular weight is 340 g/mol. The Bertz CT molecular complexity index is 452. The topological polar surface area (TPSA) is 38.3 Å². The number of hydrogen-bond donors (Lipinski definition) is 1. The van der Waals surface area contributed by atoms with E-state index in [0.717, 1.165) is 24.0 Å². The zero-order chi connectivity index (χ0) is 14.6. The summed E-state index contributed by atoms with van der Waals surface area (Å²) in [5.41, 5.74) is 1.04. The van der Waals surface area contributed by atoms with Crippen molar-refractivity contribution in [2.45, 2.75) is 39.2 Å². The molecule has 0 aromatic heterocycles. The lowest BCUT2D eigenvalue weighted by Crippen LogP contribution is -2.30. The number of amides is 1. The van der Waals surface area contributed by atoms with Crippen LogP contribution in [0.2, 0.25) is 0 Å². The van der Waals surface area contributed by atoms with Gasteiger partial charge in [-0.25, -0.2) is 0 Å². The Labute approximate surface area is 129 Å². The number of alkyl halides is 1. The van der Waals surface area contributed by atoms with Crippen molar-refractivity contribution in [2.24, 2.45) is 5.41 Å². The summed E-state index contributed by atoms with van der Waals surface area (Å²) < 4.78 is 5.57. The summed E-state index contributed by atoms with van der Waals surface area (Å²) in [5.74, 6) is 0.802. The van der Waals surface area contributed by atoms with Gasteiger partial charge in [-0.2, -0.15) is 0 Å². The lowest BCUT2D eigenvalue weighted by Gasteiger charge is -2.15. The molecule has 4 heteroatoms. The first kappa shape index (κ1) is 15.4. The summed E-state index contributed by atoms with van der Waals surface area (Å²) >= 11 is 3.48. The SMILES string of the molecule is CC(C)Oc1ccc(C(=O)NCC2(CCBr)CC2)cc1. The molecule has 3 nitrogen and oxygen atoms in total. The van der Waals surface area contributed by atoms with Crippen molar-refractivity contribution in [3.8, 4) is 5.75 Å². The third kappa shape index (κ3) is 4.23. The highest BCUT2D eigenvalue weighted by Gasteiger charge is 2.41. The summed E-state index contributed by atoms with van der Waals surface area (Å²) in [6.07, 6.45) is 3.72. The molecule has 1 aliphatic rings. The third-order valence-corrected chi connectivity index (χ3v) is 4.09. The minimum atomic E-state index is 0.00180. The maximum Gasteiger partial charge on any atom is 0.251 e. The van der Waals surface area contributed by atoms with Crippen molar-refractivity contribution in [1.29, 1.82) is 0 Å². The molecule has 110 valence electrons. The second-order valence-corrected chi connectivity index (χ2v) is 6.61. The quantitative estimate of drug-likeness (QED) is 0.768. The van der Waals surface area contributed by atoms with Gasteiger partial charge in [0, 0.05) is 17.4 Å². The predicted octanol–water partition coefficient (Wildman–Crippen LogP) is 3.77. The van der Waals surface area contributed by atoms with E-state index in [2.05, 4.69) is 21.2 Å². The Morgan fingerprint density at radius 1 is 1.35 bits per heavy atom. The number of carbonyl (C=O) groups is 1. The van der Waals surface area contributed by atoms with E-state index in [4.69, 9.17) is 4.74 Å². The molecule has 0 bridgehead atoms. The molecule has 1 aromatic carbocycles. The molecule has 1 aliphatic carbocycles. The van der Waals surface area contributed by atoms with Crippen LogP contribution in [0.1, 0.15) is 43.5 Å².